The van der Waals surface area contributed by atoms with E-state index >= 15 is 0 Å². The van der Waals surface area contributed by atoms with E-state index < -0.39 is 0 Å². The van der Waals surface area contributed by atoms with Crippen LogP contribution in [0.15, 0.2) is 30.3 Å². The molecule has 2 N–H and O–H groups in total. The van der Waals surface area contributed by atoms with Gasteiger partial charge >= 0.3 is 6.03 Å². The number of methoxy groups -OCH3 is 1. The van der Waals surface area contributed by atoms with Gasteiger partial charge in [0.2, 0.25) is 0 Å². The molecule has 2 rings (SSSR count). The van der Waals surface area contributed by atoms with E-state index in [1.54, 1.807) is 7.11 Å². The van der Waals surface area contributed by atoms with Gasteiger partial charge in [-0.1, -0.05) is 30.3 Å². The number of amides is 2. The number of nitrogens with zero attached hydrogens (tertiary/aromatic N) is 1. The summed E-state index contributed by atoms with van der Waals surface area (Å²) in [7, 11) is 1.62. The van der Waals surface area contributed by atoms with Crippen LogP contribution in [0.4, 0.5) is 4.79 Å². The molecule has 1 atom stereocenters. The van der Waals surface area contributed by atoms with Crippen LogP contribution in [0, 0.1) is 5.92 Å². The molecule has 0 unspecified atom stereocenters. The van der Waals surface area contributed by atoms with Crippen LogP contribution < -0.4 is 10.6 Å². The van der Waals surface area contributed by atoms with E-state index in [4.69, 9.17) is 4.74 Å². The highest BCUT2D eigenvalue weighted by Gasteiger charge is 2.22. The van der Waals surface area contributed by atoms with Gasteiger partial charge in [-0.25, -0.2) is 4.79 Å². The molecule has 1 saturated heterocycles. The highest BCUT2D eigenvalue weighted by atomic mass is 16.5. The number of nitrogens with one attached hydrogen (secondary N) is 2. The molecule has 1 aromatic carbocycles. The Morgan fingerprint density at radius 2 is 2.14 bits per heavy atom. The maximum absolute atomic E-state index is 11.6. The Morgan fingerprint density at radius 1 is 1.33 bits per heavy atom. The number of carbonyl (C=O) groups excluding carboxylic acids is 1. The summed E-state index contributed by atoms with van der Waals surface area (Å²) in [5.41, 5.74) is 1.35. The van der Waals surface area contributed by atoms with Crippen molar-refractivity contribution >= 4 is 6.03 Å². The fourth-order valence-electron chi connectivity index (χ4n) is 2.63. The number of carbonyl (C=O) groups is 1. The van der Waals surface area contributed by atoms with Crippen LogP contribution in [0.2, 0.25) is 0 Å². The third kappa shape index (κ3) is 5.73. The SMILES string of the molecule is COCCNC(=O)NC[C@H]1CCN(Cc2ccccc2)C1. The van der Waals surface area contributed by atoms with Crippen LogP contribution in [0.1, 0.15) is 12.0 Å². The molecule has 1 aliphatic rings. The Kier molecular flexibility index (Phi) is 6.50. The third-order valence-corrected chi connectivity index (χ3v) is 3.76. The van der Waals surface area contributed by atoms with E-state index in [1.807, 2.05) is 6.07 Å². The van der Waals surface area contributed by atoms with Crippen molar-refractivity contribution in [1.82, 2.24) is 15.5 Å². The monoisotopic (exact) mass is 291 g/mol. The minimum atomic E-state index is -0.103. The minimum absolute atomic E-state index is 0.103. The molecule has 0 aromatic heterocycles. The Balaban J connectivity index is 1.63. The highest BCUT2D eigenvalue weighted by molar-refractivity contribution is 5.73. The maximum Gasteiger partial charge on any atom is 0.314 e. The first-order valence-corrected chi connectivity index (χ1v) is 7.55. The number of hydrogen-bond donors (Lipinski definition) is 2. The first-order valence-electron chi connectivity index (χ1n) is 7.55. The summed E-state index contributed by atoms with van der Waals surface area (Å²) in [5.74, 6) is 0.543. The van der Waals surface area contributed by atoms with E-state index in [0.717, 1.165) is 32.6 Å². The zero-order chi connectivity index (χ0) is 14.9. The molecule has 0 spiro atoms. The van der Waals surface area contributed by atoms with Gasteiger partial charge in [0, 0.05) is 33.3 Å². The number of hydrogen-bond acceptors (Lipinski definition) is 3. The van der Waals surface area contributed by atoms with E-state index in [9.17, 15) is 4.79 Å². The van der Waals surface area contributed by atoms with Crippen molar-refractivity contribution in [3.63, 3.8) is 0 Å². The van der Waals surface area contributed by atoms with Crippen LogP contribution in [0.3, 0.4) is 0 Å². The summed E-state index contributed by atoms with van der Waals surface area (Å²) >= 11 is 0. The quantitative estimate of drug-likeness (QED) is 0.748. The fraction of sp³-hybridized carbons (Fsp3) is 0.562. The molecule has 21 heavy (non-hydrogen) atoms. The molecule has 1 heterocycles. The summed E-state index contributed by atoms with van der Waals surface area (Å²) in [6.45, 7) is 4.98. The van der Waals surface area contributed by atoms with Crippen molar-refractivity contribution in [2.45, 2.75) is 13.0 Å². The Hall–Kier alpha value is -1.59. The molecule has 0 radical (unpaired) electrons. The van der Waals surface area contributed by atoms with Gasteiger partial charge in [-0.2, -0.15) is 0 Å². The second kappa shape index (κ2) is 8.64. The van der Waals surface area contributed by atoms with Crippen molar-refractivity contribution < 1.29 is 9.53 Å². The summed E-state index contributed by atoms with van der Waals surface area (Å²) in [6, 6.07) is 10.4. The van der Waals surface area contributed by atoms with Crippen LogP contribution in [-0.4, -0.2) is 50.8 Å². The first kappa shape index (κ1) is 15.8. The second-order valence-electron chi connectivity index (χ2n) is 5.51. The van der Waals surface area contributed by atoms with Gasteiger partial charge in [-0.05, 0) is 24.4 Å². The van der Waals surface area contributed by atoms with Crippen molar-refractivity contribution in [1.29, 1.82) is 0 Å². The zero-order valence-electron chi connectivity index (χ0n) is 12.7. The molecule has 1 aliphatic heterocycles. The summed E-state index contributed by atoms with van der Waals surface area (Å²) in [6.07, 6.45) is 1.14. The minimum Gasteiger partial charge on any atom is -0.383 e. The molecule has 2 amide bonds. The van der Waals surface area contributed by atoms with E-state index in [0.29, 0.717) is 19.1 Å². The van der Waals surface area contributed by atoms with Crippen molar-refractivity contribution in [2.75, 3.05) is 39.9 Å². The lowest BCUT2D eigenvalue weighted by molar-refractivity contribution is 0.195. The predicted molar refractivity (Wildman–Crippen MR) is 83.1 cm³/mol. The first-order chi connectivity index (χ1) is 10.3. The standard InChI is InChI=1S/C16H25N3O2/c1-21-10-8-17-16(20)18-11-15-7-9-19(13-15)12-14-5-3-2-4-6-14/h2-6,15H,7-13H2,1H3,(H2,17,18,20)/t15-/m1/s1. The average Bonchev–Trinajstić information content (AvgIpc) is 2.94. The Morgan fingerprint density at radius 3 is 2.90 bits per heavy atom. The molecule has 116 valence electrons. The van der Waals surface area contributed by atoms with Crippen LogP contribution >= 0.6 is 0 Å². The van der Waals surface area contributed by atoms with Crippen LogP contribution in [0.5, 0.6) is 0 Å². The molecule has 1 fully saturated rings. The predicted octanol–water partition coefficient (Wildman–Crippen LogP) is 1.45. The fourth-order valence-corrected chi connectivity index (χ4v) is 2.63. The van der Waals surface area contributed by atoms with Crippen LogP contribution in [0.25, 0.3) is 0 Å². The third-order valence-electron chi connectivity index (χ3n) is 3.76. The van der Waals surface area contributed by atoms with Gasteiger partial charge in [0.15, 0.2) is 0 Å². The van der Waals surface area contributed by atoms with E-state index in [-0.39, 0.29) is 6.03 Å². The summed E-state index contributed by atoms with van der Waals surface area (Å²) in [4.78, 5) is 14.0. The molecule has 0 aliphatic carbocycles. The molecule has 5 heteroatoms. The number of rotatable bonds is 7. The highest BCUT2D eigenvalue weighted by Crippen LogP contribution is 2.17. The van der Waals surface area contributed by atoms with Gasteiger partial charge in [-0.15, -0.1) is 0 Å². The van der Waals surface area contributed by atoms with Gasteiger partial charge in [0.25, 0.3) is 0 Å². The summed E-state index contributed by atoms with van der Waals surface area (Å²) in [5, 5.41) is 5.71. The van der Waals surface area contributed by atoms with Gasteiger partial charge < -0.3 is 15.4 Å². The number of ether oxygens (including phenoxy) is 1. The lowest BCUT2D eigenvalue weighted by atomic mass is 10.1. The van der Waals surface area contributed by atoms with E-state index in [1.165, 1.54) is 5.56 Å². The topological polar surface area (TPSA) is 53.6 Å². The maximum atomic E-state index is 11.6. The molecule has 5 nitrogen and oxygen atoms in total. The van der Waals surface area contributed by atoms with Crippen molar-refractivity contribution in [3.05, 3.63) is 35.9 Å². The smallest absolute Gasteiger partial charge is 0.314 e. The normalized spacial score (nSPS) is 18.6. The van der Waals surface area contributed by atoms with E-state index in [2.05, 4.69) is 39.8 Å². The summed E-state index contributed by atoms with van der Waals surface area (Å²) < 4.78 is 4.89. The number of urea groups is 1. The van der Waals surface area contributed by atoms with Crippen molar-refractivity contribution in [3.8, 4) is 0 Å². The lowest BCUT2D eigenvalue weighted by Crippen LogP contribution is -2.40. The van der Waals surface area contributed by atoms with Crippen LogP contribution in [-0.2, 0) is 11.3 Å². The lowest BCUT2D eigenvalue weighted by Gasteiger charge is -2.16. The Bertz CT molecular complexity index is 425. The van der Waals surface area contributed by atoms with Gasteiger partial charge in [0.1, 0.15) is 0 Å². The largest absolute Gasteiger partial charge is 0.383 e. The second-order valence-corrected chi connectivity index (χ2v) is 5.51. The number of likely N-dealkylation sites (tertiary alicyclic amines) is 1. The molecule has 0 bridgehead atoms. The molecular weight excluding hydrogens is 266 g/mol. The molecular formula is C16H25N3O2. The zero-order valence-corrected chi connectivity index (χ0v) is 12.7. The van der Waals surface area contributed by atoms with Gasteiger partial charge in [-0.3, -0.25) is 4.90 Å². The average molecular weight is 291 g/mol. The van der Waals surface area contributed by atoms with Gasteiger partial charge in [0.05, 0.1) is 6.61 Å². The molecule has 0 saturated carbocycles. The Labute approximate surface area is 126 Å². The molecule has 1 aromatic rings. The number of benzene rings is 1. The van der Waals surface area contributed by atoms with Crippen molar-refractivity contribution in [2.24, 2.45) is 5.92 Å².